The molecule has 1 rings (SSSR count). The minimum absolute atomic E-state index is 0.0666. The van der Waals surface area contributed by atoms with Crippen LogP contribution in [0.3, 0.4) is 0 Å². The van der Waals surface area contributed by atoms with Crippen LogP contribution in [0.25, 0.3) is 0 Å². The molecular weight excluding hydrogens is 176 g/mol. The van der Waals surface area contributed by atoms with Gasteiger partial charge in [0.2, 0.25) is 0 Å². The van der Waals surface area contributed by atoms with Gasteiger partial charge < -0.3 is 5.11 Å². The topological polar surface area (TPSA) is 44.0 Å². The largest absolute Gasteiger partial charge is 0.505 e. The number of phenolic OH excluding ortho intramolecular Hbond substituents is 1. The van der Waals surface area contributed by atoms with Crippen LogP contribution in [0, 0.1) is 36.8 Å². The molecule has 0 amide bonds. The average molecular weight is 183 g/mol. The van der Waals surface area contributed by atoms with Gasteiger partial charge in [0.1, 0.15) is 11.9 Å². The summed E-state index contributed by atoms with van der Waals surface area (Å²) in [6, 6.07) is 1.57. The van der Waals surface area contributed by atoms with Crippen molar-refractivity contribution >= 4 is 0 Å². The predicted molar refractivity (Wildman–Crippen MR) is 42.2 cm³/mol. The predicted octanol–water partition coefficient (Wildman–Crippen LogP) is 2.16. The highest BCUT2D eigenvalue weighted by Crippen LogP contribution is 2.29. The molecule has 0 aliphatic carbocycles. The molecule has 0 saturated heterocycles. The second-order valence-corrected chi connectivity index (χ2v) is 2.71. The zero-order chi connectivity index (χ0) is 10.2. The first-order valence-corrected chi connectivity index (χ1v) is 3.58. The zero-order valence-corrected chi connectivity index (χ0v) is 7.15. The first-order chi connectivity index (χ1) is 6.00. The third-order valence-electron chi connectivity index (χ3n) is 1.93. The summed E-state index contributed by atoms with van der Waals surface area (Å²) in [5, 5.41) is 17.6. The molecule has 0 spiro atoms. The number of halogens is 2. The van der Waals surface area contributed by atoms with E-state index in [9.17, 15) is 8.78 Å². The maximum absolute atomic E-state index is 13.1. The van der Waals surface area contributed by atoms with Crippen LogP contribution in [0.1, 0.15) is 16.7 Å². The first kappa shape index (κ1) is 9.46. The van der Waals surface area contributed by atoms with Crippen molar-refractivity contribution in [3.05, 3.63) is 28.3 Å². The monoisotopic (exact) mass is 183 g/mol. The summed E-state index contributed by atoms with van der Waals surface area (Å²) in [6.45, 7) is 2.46. The number of aromatic hydroxyl groups is 1. The van der Waals surface area contributed by atoms with E-state index >= 15 is 0 Å². The molecule has 2 nitrogen and oxygen atoms in total. The summed E-state index contributed by atoms with van der Waals surface area (Å²) >= 11 is 0. The maximum Gasteiger partial charge on any atom is 0.170 e. The second kappa shape index (κ2) is 3.02. The quantitative estimate of drug-likeness (QED) is 0.669. The van der Waals surface area contributed by atoms with Gasteiger partial charge in [0.15, 0.2) is 11.6 Å². The van der Waals surface area contributed by atoms with Crippen molar-refractivity contribution in [3.63, 3.8) is 0 Å². The van der Waals surface area contributed by atoms with E-state index in [1.165, 1.54) is 13.8 Å². The molecule has 68 valence electrons. The summed E-state index contributed by atoms with van der Waals surface area (Å²) in [5.74, 6) is -2.57. The van der Waals surface area contributed by atoms with Crippen molar-refractivity contribution in [1.82, 2.24) is 0 Å². The number of rotatable bonds is 0. The Kier molecular flexibility index (Phi) is 2.20. The highest BCUT2D eigenvalue weighted by Gasteiger charge is 2.18. The van der Waals surface area contributed by atoms with Crippen molar-refractivity contribution in [2.45, 2.75) is 13.8 Å². The highest BCUT2D eigenvalue weighted by atomic mass is 19.1. The number of hydrogen-bond donors (Lipinski definition) is 1. The molecule has 0 aliphatic heterocycles. The van der Waals surface area contributed by atoms with Gasteiger partial charge in [0, 0.05) is 11.1 Å². The normalized spacial score (nSPS) is 9.77. The van der Waals surface area contributed by atoms with E-state index in [0.29, 0.717) is 0 Å². The van der Waals surface area contributed by atoms with Crippen LogP contribution < -0.4 is 0 Å². The van der Waals surface area contributed by atoms with Gasteiger partial charge in [-0.15, -0.1) is 0 Å². The molecule has 1 aromatic carbocycles. The van der Waals surface area contributed by atoms with Crippen molar-refractivity contribution in [1.29, 1.82) is 5.26 Å². The summed E-state index contributed by atoms with van der Waals surface area (Å²) < 4.78 is 26.1. The molecule has 0 atom stereocenters. The number of nitriles is 1. The molecule has 0 fully saturated rings. The summed E-state index contributed by atoms with van der Waals surface area (Å²) in [5.41, 5.74) is -0.709. The fourth-order valence-electron chi connectivity index (χ4n) is 1.04. The third-order valence-corrected chi connectivity index (χ3v) is 1.93. The molecule has 13 heavy (non-hydrogen) atoms. The minimum atomic E-state index is -1.01. The standard InChI is InChI=1S/C9H7F2NO/c1-4-6(3-12)7(10)5(2)8(11)9(4)13/h13H,1-2H3. The van der Waals surface area contributed by atoms with Crippen molar-refractivity contribution in [3.8, 4) is 11.8 Å². The Morgan fingerprint density at radius 2 is 1.69 bits per heavy atom. The van der Waals surface area contributed by atoms with Crippen molar-refractivity contribution in [2.75, 3.05) is 0 Å². The molecule has 0 aliphatic rings. The molecule has 4 heteroatoms. The smallest absolute Gasteiger partial charge is 0.170 e. The molecule has 0 unspecified atom stereocenters. The fraction of sp³-hybridized carbons (Fsp3) is 0.222. The molecule has 1 aromatic rings. The van der Waals surface area contributed by atoms with E-state index in [0.717, 1.165) is 0 Å². The zero-order valence-electron chi connectivity index (χ0n) is 7.15. The Hall–Kier alpha value is -1.63. The summed E-state index contributed by atoms with van der Waals surface area (Å²) in [7, 11) is 0. The minimum Gasteiger partial charge on any atom is -0.505 e. The number of hydrogen-bond acceptors (Lipinski definition) is 2. The van der Waals surface area contributed by atoms with Gasteiger partial charge in [-0.05, 0) is 13.8 Å². The summed E-state index contributed by atoms with van der Waals surface area (Å²) in [6.07, 6.45) is 0. The Morgan fingerprint density at radius 1 is 1.15 bits per heavy atom. The molecule has 0 aromatic heterocycles. The maximum atomic E-state index is 13.1. The van der Waals surface area contributed by atoms with E-state index in [1.54, 1.807) is 6.07 Å². The molecular formula is C9H7F2NO. The Labute approximate surface area is 74.0 Å². The Balaban J connectivity index is 3.69. The van der Waals surface area contributed by atoms with Gasteiger partial charge in [-0.2, -0.15) is 5.26 Å². The van der Waals surface area contributed by atoms with E-state index in [4.69, 9.17) is 10.4 Å². The average Bonchev–Trinajstić information content (AvgIpc) is 2.13. The SMILES string of the molecule is Cc1c(F)c(O)c(C)c(C#N)c1F. The molecule has 0 heterocycles. The molecule has 0 saturated carbocycles. The van der Waals surface area contributed by atoms with Gasteiger partial charge in [-0.1, -0.05) is 0 Å². The first-order valence-electron chi connectivity index (χ1n) is 3.58. The van der Waals surface area contributed by atoms with Crippen molar-refractivity contribution in [2.24, 2.45) is 0 Å². The summed E-state index contributed by atoms with van der Waals surface area (Å²) in [4.78, 5) is 0. The van der Waals surface area contributed by atoms with E-state index < -0.39 is 17.4 Å². The third kappa shape index (κ3) is 1.22. The van der Waals surface area contributed by atoms with Crippen LogP contribution in [0.5, 0.6) is 5.75 Å². The number of phenols is 1. The van der Waals surface area contributed by atoms with E-state index in [-0.39, 0.29) is 16.7 Å². The molecule has 1 N–H and O–H groups in total. The lowest BCUT2D eigenvalue weighted by Gasteiger charge is -2.06. The van der Waals surface area contributed by atoms with Gasteiger partial charge >= 0.3 is 0 Å². The molecule has 0 radical (unpaired) electrons. The van der Waals surface area contributed by atoms with Gasteiger partial charge in [-0.3, -0.25) is 0 Å². The Bertz CT molecular complexity index is 378. The van der Waals surface area contributed by atoms with E-state index in [1.807, 2.05) is 0 Å². The Morgan fingerprint density at radius 3 is 2.15 bits per heavy atom. The van der Waals surface area contributed by atoms with Crippen LogP contribution in [0.4, 0.5) is 8.78 Å². The second-order valence-electron chi connectivity index (χ2n) is 2.71. The van der Waals surface area contributed by atoms with Gasteiger partial charge in [0.25, 0.3) is 0 Å². The number of benzene rings is 1. The lowest BCUT2D eigenvalue weighted by Crippen LogP contribution is -1.98. The van der Waals surface area contributed by atoms with Gasteiger partial charge in [0.05, 0.1) is 5.56 Å². The fourth-order valence-corrected chi connectivity index (χ4v) is 1.04. The lowest BCUT2D eigenvalue weighted by atomic mass is 10.0. The van der Waals surface area contributed by atoms with Crippen LogP contribution in [0.2, 0.25) is 0 Å². The van der Waals surface area contributed by atoms with Crippen LogP contribution >= 0.6 is 0 Å². The van der Waals surface area contributed by atoms with E-state index in [2.05, 4.69) is 0 Å². The molecule has 0 bridgehead atoms. The number of nitrogens with zero attached hydrogens (tertiary/aromatic N) is 1. The van der Waals surface area contributed by atoms with Crippen molar-refractivity contribution < 1.29 is 13.9 Å². The van der Waals surface area contributed by atoms with Crippen LogP contribution in [-0.4, -0.2) is 5.11 Å². The van der Waals surface area contributed by atoms with Crippen LogP contribution in [-0.2, 0) is 0 Å². The van der Waals surface area contributed by atoms with Crippen LogP contribution in [0.15, 0.2) is 0 Å². The highest BCUT2D eigenvalue weighted by molar-refractivity contribution is 5.49. The lowest BCUT2D eigenvalue weighted by molar-refractivity contribution is 0.419. The van der Waals surface area contributed by atoms with Gasteiger partial charge in [-0.25, -0.2) is 8.78 Å².